The predicted octanol–water partition coefficient (Wildman–Crippen LogP) is -0.142. The summed E-state index contributed by atoms with van der Waals surface area (Å²) in [5, 5.41) is 3.25. The van der Waals surface area contributed by atoms with Gasteiger partial charge in [-0.3, -0.25) is 0 Å². The Bertz CT molecular complexity index is 242. The number of sulfonamides is 1. The van der Waals surface area contributed by atoms with Crippen LogP contribution in [0.2, 0.25) is 0 Å². The fourth-order valence-corrected chi connectivity index (χ4v) is 1.14. The maximum atomic E-state index is 11.1. The van der Waals surface area contributed by atoms with E-state index in [4.69, 9.17) is 0 Å². The maximum Gasteiger partial charge on any atom is 0.259 e. The molecule has 0 amide bonds. The van der Waals surface area contributed by atoms with E-state index in [-0.39, 0.29) is 5.04 Å². The number of nitrogens with zero attached hydrogens (tertiary/aromatic N) is 2. The molecular formula is C5H12N2O3S. The van der Waals surface area contributed by atoms with Gasteiger partial charge < -0.3 is 4.84 Å². The molecule has 0 atom stereocenters. The average Bonchev–Trinajstić information content (AvgIpc) is 1.88. The molecule has 0 spiro atoms. The fraction of sp³-hybridized carbons (Fsp3) is 0.800. The molecule has 0 radical (unpaired) electrons. The Morgan fingerprint density at radius 2 is 1.91 bits per heavy atom. The van der Waals surface area contributed by atoms with Crippen molar-refractivity contribution >= 4 is 15.1 Å². The van der Waals surface area contributed by atoms with E-state index >= 15 is 0 Å². The van der Waals surface area contributed by atoms with Gasteiger partial charge in [0.25, 0.3) is 10.0 Å². The van der Waals surface area contributed by atoms with Crippen LogP contribution in [0.15, 0.2) is 5.16 Å². The van der Waals surface area contributed by atoms with Gasteiger partial charge in [-0.25, -0.2) is 12.7 Å². The molecule has 0 N–H and O–H groups in total. The smallest absolute Gasteiger partial charge is 0.259 e. The highest BCUT2D eigenvalue weighted by Gasteiger charge is 2.18. The van der Waals surface area contributed by atoms with Gasteiger partial charge in [0.05, 0.1) is 0 Å². The topological polar surface area (TPSA) is 59.0 Å². The molecule has 0 aliphatic heterocycles. The van der Waals surface area contributed by atoms with Crippen molar-refractivity contribution in [1.29, 1.82) is 0 Å². The molecule has 0 aromatic heterocycles. The molecule has 0 heterocycles. The third-order valence-electron chi connectivity index (χ3n) is 1.07. The summed E-state index contributed by atoms with van der Waals surface area (Å²) in [4.78, 5) is 4.32. The Balaban J connectivity index is 4.72. The minimum atomic E-state index is -3.38. The van der Waals surface area contributed by atoms with Gasteiger partial charge >= 0.3 is 0 Å². The number of hydrogen-bond acceptors (Lipinski definition) is 4. The Hall–Kier alpha value is -0.620. The first-order chi connectivity index (χ1) is 4.92. The van der Waals surface area contributed by atoms with Crippen molar-refractivity contribution < 1.29 is 13.3 Å². The van der Waals surface area contributed by atoms with Gasteiger partial charge in [-0.2, -0.15) is 0 Å². The van der Waals surface area contributed by atoms with Crippen LogP contribution >= 0.6 is 0 Å². The molecule has 0 aromatic carbocycles. The van der Waals surface area contributed by atoms with Gasteiger partial charge in [0.2, 0.25) is 0 Å². The van der Waals surface area contributed by atoms with Crippen LogP contribution in [0, 0.1) is 0 Å². The van der Waals surface area contributed by atoms with Gasteiger partial charge in [0.1, 0.15) is 7.11 Å². The summed E-state index contributed by atoms with van der Waals surface area (Å²) in [6, 6.07) is 0. The van der Waals surface area contributed by atoms with Crippen LogP contribution in [0.4, 0.5) is 0 Å². The lowest BCUT2D eigenvalue weighted by Crippen LogP contribution is -2.28. The van der Waals surface area contributed by atoms with Gasteiger partial charge in [-0.15, -0.1) is 0 Å². The van der Waals surface area contributed by atoms with E-state index in [0.29, 0.717) is 0 Å². The Labute approximate surface area is 66.7 Å². The molecule has 66 valence electrons. The molecule has 5 nitrogen and oxygen atoms in total. The van der Waals surface area contributed by atoms with Crippen LogP contribution in [0.5, 0.6) is 0 Å². The van der Waals surface area contributed by atoms with Crippen molar-refractivity contribution in [2.75, 3.05) is 21.2 Å². The number of hydrogen-bond donors (Lipinski definition) is 0. The van der Waals surface area contributed by atoms with Crippen molar-refractivity contribution in [2.24, 2.45) is 5.16 Å². The third-order valence-corrected chi connectivity index (χ3v) is 2.86. The normalized spacial score (nSPS) is 13.7. The SMILES string of the molecule is CO/N=C(\C)S(=O)(=O)N(C)C. The molecule has 0 aliphatic carbocycles. The van der Waals surface area contributed by atoms with Crippen molar-refractivity contribution in [3.05, 3.63) is 0 Å². The number of rotatable bonds is 2. The van der Waals surface area contributed by atoms with Crippen molar-refractivity contribution in [2.45, 2.75) is 6.92 Å². The molecule has 6 heteroatoms. The standard InChI is InChI=1S/C5H12N2O3S/c1-5(6-10-4)11(8,9)7(2)3/h1-4H3/b6-5+. The molecular weight excluding hydrogens is 168 g/mol. The second kappa shape index (κ2) is 3.68. The van der Waals surface area contributed by atoms with Crippen LogP contribution in [-0.2, 0) is 14.9 Å². The maximum absolute atomic E-state index is 11.1. The van der Waals surface area contributed by atoms with E-state index in [1.807, 2.05) is 0 Å². The number of oxime groups is 1. The Morgan fingerprint density at radius 3 is 2.18 bits per heavy atom. The van der Waals surface area contributed by atoms with Gasteiger partial charge in [0.15, 0.2) is 5.04 Å². The van der Waals surface area contributed by atoms with Crippen LogP contribution in [-0.4, -0.2) is 39.0 Å². The quantitative estimate of drug-likeness (QED) is 0.337. The molecule has 0 saturated heterocycles. The summed E-state index contributed by atoms with van der Waals surface area (Å²) in [7, 11) is 0.789. The summed E-state index contributed by atoms with van der Waals surface area (Å²) in [5.41, 5.74) is 0. The fourth-order valence-electron chi connectivity index (χ4n) is 0.440. The molecule has 0 saturated carbocycles. The van der Waals surface area contributed by atoms with E-state index in [0.717, 1.165) is 4.31 Å². The highest BCUT2D eigenvalue weighted by atomic mass is 32.2. The van der Waals surface area contributed by atoms with Crippen molar-refractivity contribution in [3.8, 4) is 0 Å². The Kier molecular flexibility index (Phi) is 3.47. The van der Waals surface area contributed by atoms with E-state index in [9.17, 15) is 8.42 Å². The molecule has 0 aromatic rings. The molecule has 0 unspecified atom stereocenters. The summed E-state index contributed by atoms with van der Waals surface area (Å²) in [6.07, 6.45) is 0. The third kappa shape index (κ3) is 2.47. The first-order valence-electron chi connectivity index (χ1n) is 2.93. The minimum Gasteiger partial charge on any atom is -0.398 e. The summed E-state index contributed by atoms with van der Waals surface area (Å²) in [5.74, 6) is 0. The second-order valence-electron chi connectivity index (χ2n) is 2.08. The minimum absolute atomic E-state index is 0.0509. The van der Waals surface area contributed by atoms with Crippen molar-refractivity contribution in [1.82, 2.24) is 4.31 Å². The van der Waals surface area contributed by atoms with Crippen LogP contribution in [0.1, 0.15) is 6.92 Å². The predicted molar refractivity (Wildman–Crippen MR) is 42.7 cm³/mol. The summed E-state index contributed by atoms with van der Waals surface area (Å²) in [6.45, 7) is 1.37. The second-order valence-corrected chi connectivity index (χ2v) is 4.35. The van der Waals surface area contributed by atoms with E-state index in [1.165, 1.54) is 28.1 Å². The molecule has 0 fully saturated rings. The zero-order valence-corrected chi connectivity index (χ0v) is 7.84. The molecule has 0 bridgehead atoms. The lowest BCUT2D eigenvalue weighted by Gasteiger charge is -2.08. The van der Waals surface area contributed by atoms with Gasteiger partial charge in [0, 0.05) is 14.1 Å². The van der Waals surface area contributed by atoms with E-state index in [2.05, 4.69) is 9.99 Å². The van der Waals surface area contributed by atoms with Crippen LogP contribution in [0.25, 0.3) is 0 Å². The highest BCUT2D eigenvalue weighted by molar-refractivity contribution is 8.04. The first-order valence-corrected chi connectivity index (χ1v) is 4.37. The van der Waals surface area contributed by atoms with Crippen LogP contribution in [0.3, 0.4) is 0 Å². The Morgan fingerprint density at radius 1 is 1.45 bits per heavy atom. The highest BCUT2D eigenvalue weighted by Crippen LogP contribution is 1.97. The zero-order chi connectivity index (χ0) is 9.07. The molecule has 0 rings (SSSR count). The van der Waals surface area contributed by atoms with E-state index in [1.54, 1.807) is 0 Å². The molecule has 11 heavy (non-hydrogen) atoms. The lowest BCUT2D eigenvalue weighted by molar-refractivity contribution is 0.214. The molecule has 0 aliphatic rings. The summed E-state index contributed by atoms with van der Waals surface area (Å²) < 4.78 is 23.3. The van der Waals surface area contributed by atoms with Gasteiger partial charge in [-0.1, -0.05) is 5.16 Å². The average molecular weight is 180 g/mol. The largest absolute Gasteiger partial charge is 0.398 e. The van der Waals surface area contributed by atoms with Crippen LogP contribution < -0.4 is 0 Å². The van der Waals surface area contributed by atoms with E-state index < -0.39 is 10.0 Å². The van der Waals surface area contributed by atoms with Gasteiger partial charge in [-0.05, 0) is 6.92 Å². The summed E-state index contributed by atoms with van der Waals surface area (Å²) >= 11 is 0. The van der Waals surface area contributed by atoms with Crippen molar-refractivity contribution in [3.63, 3.8) is 0 Å². The zero-order valence-electron chi connectivity index (χ0n) is 7.03. The lowest BCUT2D eigenvalue weighted by atomic mass is 10.9. The first kappa shape index (κ1) is 10.4. The monoisotopic (exact) mass is 180 g/mol.